The molecule has 1 heterocycles. The first-order valence-electron chi connectivity index (χ1n) is 8.80. The average Bonchev–Trinajstić information content (AvgIpc) is 3.20. The molecule has 0 aliphatic rings. The first-order valence-corrected chi connectivity index (χ1v) is 9.68. The number of nitrogens with zero attached hydrogens (tertiary/aromatic N) is 1. The molecule has 0 aliphatic heterocycles. The normalized spacial score (nSPS) is 11.0. The van der Waals surface area contributed by atoms with Gasteiger partial charge < -0.3 is 4.74 Å². The van der Waals surface area contributed by atoms with Gasteiger partial charge in [0.05, 0.1) is 12.8 Å². The van der Waals surface area contributed by atoms with E-state index in [0.717, 1.165) is 28.0 Å². The second-order valence-electron chi connectivity index (χ2n) is 6.16. The number of nitrogens with one attached hydrogen (secondary N) is 1. The van der Waals surface area contributed by atoms with E-state index in [2.05, 4.69) is 28.5 Å². The molecule has 4 nitrogen and oxygen atoms in total. The molecule has 3 aromatic carbocycles. The first kappa shape index (κ1) is 17.9. The van der Waals surface area contributed by atoms with Crippen LogP contribution in [-0.4, -0.2) is 18.0 Å². The van der Waals surface area contributed by atoms with Crippen molar-refractivity contribution in [2.24, 2.45) is 0 Å². The van der Waals surface area contributed by atoms with Crippen molar-refractivity contribution in [1.82, 2.24) is 4.98 Å². The Kier molecular flexibility index (Phi) is 5.17. The van der Waals surface area contributed by atoms with E-state index in [1.54, 1.807) is 13.2 Å². The highest BCUT2D eigenvalue weighted by molar-refractivity contribution is 7.14. The van der Waals surface area contributed by atoms with Crippen molar-refractivity contribution < 1.29 is 9.53 Å². The summed E-state index contributed by atoms with van der Waals surface area (Å²) in [5, 5.41) is 7.68. The lowest BCUT2D eigenvalue weighted by Crippen LogP contribution is -2.07. The predicted octanol–water partition coefficient (Wildman–Crippen LogP) is 5.62. The van der Waals surface area contributed by atoms with Gasteiger partial charge in [0.25, 0.3) is 0 Å². The number of hydrogen-bond acceptors (Lipinski definition) is 4. The molecule has 0 spiro atoms. The van der Waals surface area contributed by atoms with Gasteiger partial charge in [-0.1, -0.05) is 54.6 Å². The third-order valence-electron chi connectivity index (χ3n) is 4.34. The number of fused-ring (bicyclic) bond motifs is 1. The number of amides is 1. The quantitative estimate of drug-likeness (QED) is 0.453. The Morgan fingerprint density at radius 1 is 1.04 bits per heavy atom. The zero-order valence-corrected chi connectivity index (χ0v) is 16.1. The molecule has 28 heavy (non-hydrogen) atoms. The number of aromatic nitrogens is 1. The van der Waals surface area contributed by atoms with E-state index < -0.39 is 0 Å². The minimum absolute atomic E-state index is 0.213. The Labute approximate surface area is 167 Å². The summed E-state index contributed by atoms with van der Waals surface area (Å²) >= 11 is 1.41. The molecule has 0 radical (unpaired) electrons. The molecule has 5 heteroatoms. The van der Waals surface area contributed by atoms with E-state index in [1.807, 2.05) is 53.9 Å². The second-order valence-corrected chi connectivity index (χ2v) is 7.02. The Hall–Kier alpha value is -3.44. The number of ether oxygens (including phenoxy) is 1. The molecule has 1 aromatic heterocycles. The van der Waals surface area contributed by atoms with Gasteiger partial charge in [-0.15, -0.1) is 11.3 Å². The van der Waals surface area contributed by atoms with Crippen molar-refractivity contribution in [3.63, 3.8) is 0 Å². The summed E-state index contributed by atoms with van der Waals surface area (Å²) in [6, 6.07) is 21.9. The average molecular weight is 386 g/mol. The standard InChI is InChI=1S/C23H18N2O2S/c1-27-18-12-9-16(10-13-18)11-14-22(26)25-23-24-21(15-28-23)20-8-4-6-17-5-2-3-7-19(17)20/h2-15H,1H3,(H,24,25,26)/b14-11+. The molecule has 0 fully saturated rings. The third-order valence-corrected chi connectivity index (χ3v) is 5.10. The number of anilines is 1. The summed E-state index contributed by atoms with van der Waals surface area (Å²) in [6.45, 7) is 0. The Morgan fingerprint density at radius 2 is 1.82 bits per heavy atom. The molecule has 0 saturated heterocycles. The molecular formula is C23H18N2O2S. The summed E-state index contributed by atoms with van der Waals surface area (Å²) in [6.07, 6.45) is 3.26. The fourth-order valence-electron chi connectivity index (χ4n) is 2.94. The van der Waals surface area contributed by atoms with E-state index in [0.29, 0.717) is 5.13 Å². The molecule has 138 valence electrons. The van der Waals surface area contributed by atoms with Gasteiger partial charge in [-0.05, 0) is 34.5 Å². The lowest BCUT2D eigenvalue weighted by molar-refractivity contribution is -0.111. The molecular weight excluding hydrogens is 368 g/mol. The van der Waals surface area contributed by atoms with E-state index in [9.17, 15) is 4.79 Å². The summed E-state index contributed by atoms with van der Waals surface area (Å²) < 4.78 is 5.13. The molecule has 0 unspecified atom stereocenters. The van der Waals surface area contributed by atoms with E-state index in [1.165, 1.54) is 22.8 Å². The fraction of sp³-hybridized carbons (Fsp3) is 0.0435. The van der Waals surface area contributed by atoms with E-state index >= 15 is 0 Å². The SMILES string of the molecule is COc1ccc(/C=C/C(=O)Nc2nc(-c3cccc4ccccc34)cs2)cc1. The van der Waals surface area contributed by atoms with Crippen LogP contribution in [-0.2, 0) is 4.79 Å². The summed E-state index contributed by atoms with van der Waals surface area (Å²) in [7, 11) is 1.62. The van der Waals surface area contributed by atoms with Crippen LogP contribution in [0.15, 0.2) is 78.2 Å². The first-order chi connectivity index (χ1) is 13.7. The van der Waals surface area contributed by atoms with Crippen LogP contribution in [0.3, 0.4) is 0 Å². The second kappa shape index (κ2) is 8.06. The van der Waals surface area contributed by atoms with Crippen LogP contribution in [0.4, 0.5) is 5.13 Å². The zero-order chi connectivity index (χ0) is 19.3. The van der Waals surface area contributed by atoms with Crippen molar-refractivity contribution in [3.05, 3.63) is 83.7 Å². The lowest BCUT2D eigenvalue weighted by atomic mass is 10.0. The van der Waals surface area contributed by atoms with Gasteiger partial charge in [-0.25, -0.2) is 4.98 Å². The van der Waals surface area contributed by atoms with Gasteiger partial charge in [0.1, 0.15) is 5.75 Å². The van der Waals surface area contributed by atoms with Gasteiger partial charge in [0.2, 0.25) is 5.91 Å². The number of benzene rings is 3. The van der Waals surface area contributed by atoms with Crippen LogP contribution >= 0.6 is 11.3 Å². The van der Waals surface area contributed by atoms with Gasteiger partial charge in [0, 0.05) is 17.0 Å². The maximum absolute atomic E-state index is 12.2. The number of carbonyl (C=O) groups excluding carboxylic acids is 1. The van der Waals surface area contributed by atoms with E-state index in [4.69, 9.17) is 4.74 Å². The van der Waals surface area contributed by atoms with Crippen LogP contribution in [0.25, 0.3) is 28.1 Å². The predicted molar refractivity (Wildman–Crippen MR) is 116 cm³/mol. The maximum Gasteiger partial charge on any atom is 0.250 e. The van der Waals surface area contributed by atoms with Crippen molar-refractivity contribution in [2.75, 3.05) is 12.4 Å². The Bertz CT molecular complexity index is 1140. The molecule has 0 aliphatic carbocycles. The number of rotatable bonds is 5. The maximum atomic E-state index is 12.2. The van der Waals surface area contributed by atoms with Gasteiger partial charge >= 0.3 is 0 Å². The van der Waals surface area contributed by atoms with Crippen molar-refractivity contribution in [3.8, 4) is 17.0 Å². The third kappa shape index (κ3) is 3.94. The fourth-order valence-corrected chi connectivity index (χ4v) is 3.65. The Balaban J connectivity index is 1.48. The molecule has 1 amide bonds. The van der Waals surface area contributed by atoms with Crippen LogP contribution in [0.5, 0.6) is 5.75 Å². The van der Waals surface area contributed by atoms with Crippen LogP contribution < -0.4 is 10.1 Å². The van der Waals surface area contributed by atoms with Crippen molar-refractivity contribution in [1.29, 1.82) is 0 Å². The molecule has 1 N–H and O–H groups in total. The highest BCUT2D eigenvalue weighted by Gasteiger charge is 2.09. The van der Waals surface area contributed by atoms with Crippen LogP contribution in [0.2, 0.25) is 0 Å². The Morgan fingerprint density at radius 3 is 2.64 bits per heavy atom. The minimum Gasteiger partial charge on any atom is -0.497 e. The molecule has 4 aromatic rings. The number of methoxy groups -OCH3 is 1. The summed E-state index contributed by atoms with van der Waals surface area (Å²) in [4.78, 5) is 16.8. The zero-order valence-electron chi connectivity index (χ0n) is 15.3. The molecule has 0 saturated carbocycles. The molecule has 4 rings (SSSR count). The number of hydrogen-bond donors (Lipinski definition) is 1. The highest BCUT2D eigenvalue weighted by atomic mass is 32.1. The van der Waals surface area contributed by atoms with Crippen LogP contribution in [0, 0.1) is 0 Å². The van der Waals surface area contributed by atoms with Gasteiger partial charge in [0.15, 0.2) is 5.13 Å². The van der Waals surface area contributed by atoms with Crippen molar-refractivity contribution >= 4 is 39.2 Å². The largest absolute Gasteiger partial charge is 0.497 e. The van der Waals surface area contributed by atoms with E-state index in [-0.39, 0.29) is 5.91 Å². The monoisotopic (exact) mass is 386 g/mol. The lowest BCUT2D eigenvalue weighted by Gasteiger charge is -2.03. The van der Waals surface area contributed by atoms with Gasteiger partial charge in [-0.2, -0.15) is 0 Å². The molecule has 0 atom stereocenters. The summed E-state index contributed by atoms with van der Waals surface area (Å²) in [5.41, 5.74) is 2.84. The highest BCUT2D eigenvalue weighted by Crippen LogP contribution is 2.30. The molecule has 0 bridgehead atoms. The number of carbonyl (C=O) groups is 1. The summed E-state index contributed by atoms with van der Waals surface area (Å²) in [5.74, 6) is 0.569. The minimum atomic E-state index is -0.213. The van der Waals surface area contributed by atoms with Gasteiger partial charge in [-0.3, -0.25) is 10.1 Å². The smallest absolute Gasteiger partial charge is 0.250 e. The van der Waals surface area contributed by atoms with Crippen molar-refractivity contribution in [2.45, 2.75) is 0 Å². The topological polar surface area (TPSA) is 51.2 Å². The number of thiazole rings is 1. The van der Waals surface area contributed by atoms with Crippen LogP contribution in [0.1, 0.15) is 5.56 Å².